The maximum Gasteiger partial charge on any atom is 0.187 e. The molecule has 0 saturated carbocycles. The number of benzene rings is 1. The molecule has 1 fully saturated rings. The topological polar surface area (TPSA) is 61.6 Å². The maximum atomic E-state index is 12.0. The monoisotopic (exact) mass is 325 g/mol. The molecule has 5 heteroatoms. The highest BCUT2D eigenvalue weighted by atomic mass is 79.9. The second-order valence-corrected chi connectivity index (χ2v) is 5.33. The molecule has 0 bridgehead atoms. The fourth-order valence-electron chi connectivity index (χ4n) is 1.80. The van der Waals surface area contributed by atoms with Crippen LogP contribution in [0, 0.1) is 5.92 Å². The molecule has 1 aromatic carbocycles. The Balaban J connectivity index is 2.06. The first-order valence-electron chi connectivity index (χ1n) is 6.08. The number of carbonyl (C=O) groups excluding carboxylic acids is 1. The van der Waals surface area contributed by atoms with Gasteiger partial charge in [0.25, 0.3) is 0 Å². The van der Waals surface area contributed by atoms with Crippen molar-refractivity contribution in [3.8, 4) is 0 Å². The molecular formula is C14H16BrNO3. The van der Waals surface area contributed by atoms with Crippen molar-refractivity contribution in [3.63, 3.8) is 0 Å². The molecule has 2 rings (SSSR count). The third-order valence-corrected chi connectivity index (χ3v) is 3.54. The Morgan fingerprint density at radius 1 is 1.37 bits per heavy atom. The molecule has 1 unspecified atom stereocenters. The molecular weight excluding hydrogens is 310 g/mol. The lowest BCUT2D eigenvalue weighted by Gasteiger charge is -2.17. The van der Waals surface area contributed by atoms with Crippen molar-refractivity contribution in [1.82, 2.24) is 0 Å². The van der Waals surface area contributed by atoms with E-state index < -0.39 is 0 Å². The van der Waals surface area contributed by atoms with Crippen molar-refractivity contribution >= 4 is 21.7 Å². The summed E-state index contributed by atoms with van der Waals surface area (Å²) in [7, 11) is 0. The van der Waals surface area contributed by atoms with Crippen molar-refractivity contribution in [2.45, 2.75) is 13.2 Å². The zero-order chi connectivity index (χ0) is 13.8. The van der Waals surface area contributed by atoms with E-state index >= 15 is 0 Å². The SMILES string of the molecule is CC(/C(N)=C/C(=O)c1ccc(Br)cc1)C1OCCO1. The summed E-state index contributed by atoms with van der Waals surface area (Å²) in [6.45, 7) is 3.03. The molecule has 1 aromatic rings. The van der Waals surface area contributed by atoms with Crippen LogP contribution in [0.25, 0.3) is 0 Å². The van der Waals surface area contributed by atoms with Crippen LogP contribution < -0.4 is 5.73 Å². The van der Waals surface area contributed by atoms with Crippen LogP contribution in [-0.4, -0.2) is 25.3 Å². The molecule has 4 nitrogen and oxygen atoms in total. The smallest absolute Gasteiger partial charge is 0.187 e. The van der Waals surface area contributed by atoms with E-state index in [9.17, 15) is 4.79 Å². The van der Waals surface area contributed by atoms with Crippen molar-refractivity contribution in [3.05, 3.63) is 46.1 Å². The summed E-state index contributed by atoms with van der Waals surface area (Å²) in [5.74, 6) is -0.253. The third-order valence-electron chi connectivity index (χ3n) is 3.01. The average Bonchev–Trinajstić information content (AvgIpc) is 2.92. The van der Waals surface area contributed by atoms with Gasteiger partial charge in [0.15, 0.2) is 12.1 Å². The Kier molecular flexibility index (Phi) is 4.74. The predicted octanol–water partition coefficient (Wildman–Crippen LogP) is 2.48. The number of ketones is 1. The molecule has 0 spiro atoms. The van der Waals surface area contributed by atoms with E-state index in [0.29, 0.717) is 24.5 Å². The number of carbonyl (C=O) groups is 1. The summed E-state index contributed by atoms with van der Waals surface area (Å²) < 4.78 is 11.7. The number of allylic oxidation sites excluding steroid dienone is 1. The van der Waals surface area contributed by atoms with Gasteiger partial charge in [0.05, 0.1) is 13.2 Å². The van der Waals surface area contributed by atoms with E-state index in [0.717, 1.165) is 4.47 Å². The maximum absolute atomic E-state index is 12.0. The Morgan fingerprint density at radius 2 is 1.95 bits per heavy atom. The Labute approximate surface area is 120 Å². The van der Waals surface area contributed by atoms with E-state index in [-0.39, 0.29) is 18.0 Å². The van der Waals surface area contributed by atoms with Gasteiger partial charge >= 0.3 is 0 Å². The lowest BCUT2D eigenvalue weighted by molar-refractivity contribution is -0.0688. The van der Waals surface area contributed by atoms with Crippen LogP contribution >= 0.6 is 15.9 Å². The van der Waals surface area contributed by atoms with E-state index in [1.165, 1.54) is 6.08 Å². The largest absolute Gasteiger partial charge is 0.402 e. The summed E-state index contributed by atoms with van der Waals surface area (Å²) in [5, 5.41) is 0. The van der Waals surface area contributed by atoms with E-state index in [1.807, 2.05) is 19.1 Å². The van der Waals surface area contributed by atoms with Gasteiger partial charge in [0.2, 0.25) is 0 Å². The predicted molar refractivity (Wildman–Crippen MR) is 75.6 cm³/mol. The number of hydrogen-bond donors (Lipinski definition) is 1. The zero-order valence-corrected chi connectivity index (χ0v) is 12.2. The standard InChI is InChI=1S/C14H16BrNO3/c1-9(14-18-6-7-19-14)12(16)8-13(17)10-2-4-11(15)5-3-10/h2-5,8-9,14H,6-7,16H2,1H3/b12-8-. The molecule has 0 aliphatic carbocycles. The first kappa shape index (κ1) is 14.2. The van der Waals surface area contributed by atoms with E-state index in [1.54, 1.807) is 12.1 Å². The fraction of sp³-hybridized carbons (Fsp3) is 0.357. The van der Waals surface area contributed by atoms with Gasteiger partial charge < -0.3 is 15.2 Å². The normalized spacial score (nSPS) is 18.5. The Hall–Kier alpha value is -1.17. The number of nitrogens with two attached hydrogens (primary N) is 1. The lowest BCUT2D eigenvalue weighted by atomic mass is 10.0. The quantitative estimate of drug-likeness (QED) is 0.682. The minimum atomic E-state index is -0.353. The van der Waals surface area contributed by atoms with Crippen LogP contribution in [0.4, 0.5) is 0 Å². The molecule has 0 amide bonds. The van der Waals surface area contributed by atoms with Crippen molar-refractivity contribution < 1.29 is 14.3 Å². The number of halogens is 1. The lowest BCUT2D eigenvalue weighted by Crippen LogP contribution is -2.25. The van der Waals surface area contributed by atoms with Crippen molar-refractivity contribution in [2.24, 2.45) is 11.7 Å². The second-order valence-electron chi connectivity index (χ2n) is 4.41. The van der Waals surface area contributed by atoms with Gasteiger partial charge in [-0.15, -0.1) is 0 Å². The highest BCUT2D eigenvalue weighted by Crippen LogP contribution is 2.19. The number of ether oxygens (including phenoxy) is 2. The highest BCUT2D eigenvalue weighted by Gasteiger charge is 2.25. The molecule has 1 aliphatic rings. The zero-order valence-electron chi connectivity index (χ0n) is 10.6. The molecule has 19 heavy (non-hydrogen) atoms. The van der Waals surface area contributed by atoms with Gasteiger partial charge in [-0.05, 0) is 24.3 Å². The van der Waals surface area contributed by atoms with Crippen molar-refractivity contribution in [1.29, 1.82) is 0 Å². The number of rotatable bonds is 4. The molecule has 1 atom stereocenters. The van der Waals surface area contributed by atoms with Crippen LogP contribution in [0.1, 0.15) is 17.3 Å². The summed E-state index contributed by atoms with van der Waals surface area (Å²) in [5.41, 5.74) is 7.01. The van der Waals surface area contributed by atoms with Crippen LogP contribution in [0.5, 0.6) is 0 Å². The molecule has 1 aliphatic heterocycles. The van der Waals surface area contributed by atoms with Gasteiger partial charge in [0, 0.05) is 27.7 Å². The number of hydrogen-bond acceptors (Lipinski definition) is 4. The Morgan fingerprint density at radius 3 is 2.53 bits per heavy atom. The first-order chi connectivity index (χ1) is 9.08. The first-order valence-corrected chi connectivity index (χ1v) is 6.87. The van der Waals surface area contributed by atoms with Crippen LogP contribution in [-0.2, 0) is 9.47 Å². The third kappa shape index (κ3) is 3.65. The molecule has 1 saturated heterocycles. The average molecular weight is 326 g/mol. The molecule has 0 aromatic heterocycles. The van der Waals surface area contributed by atoms with Crippen LogP contribution in [0.15, 0.2) is 40.5 Å². The van der Waals surface area contributed by atoms with Crippen molar-refractivity contribution in [2.75, 3.05) is 13.2 Å². The summed E-state index contributed by atoms with van der Waals surface area (Å²) in [6, 6.07) is 7.15. The fourth-order valence-corrected chi connectivity index (χ4v) is 2.07. The van der Waals surface area contributed by atoms with Crippen LogP contribution in [0.2, 0.25) is 0 Å². The molecule has 2 N–H and O–H groups in total. The molecule has 1 heterocycles. The molecule has 102 valence electrons. The van der Waals surface area contributed by atoms with Gasteiger partial charge in [-0.3, -0.25) is 4.79 Å². The minimum absolute atomic E-state index is 0.116. The van der Waals surface area contributed by atoms with Gasteiger partial charge in [-0.25, -0.2) is 0 Å². The summed E-state index contributed by atoms with van der Waals surface area (Å²) in [6.07, 6.45) is 1.09. The van der Waals surface area contributed by atoms with Gasteiger partial charge in [-0.1, -0.05) is 22.9 Å². The summed E-state index contributed by atoms with van der Waals surface area (Å²) in [4.78, 5) is 12.0. The second kappa shape index (κ2) is 6.32. The Bertz CT molecular complexity index is 478. The highest BCUT2D eigenvalue weighted by molar-refractivity contribution is 9.10. The molecule has 0 radical (unpaired) electrons. The van der Waals surface area contributed by atoms with Crippen LogP contribution in [0.3, 0.4) is 0 Å². The summed E-state index contributed by atoms with van der Waals surface area (Å²) >= 11 is 3.33. The van der Waals surface area contributed by atoms with Gasteiger partial charge in [0.1, 0.15) is 0 Å². The van der Waals surface area contributed by atoms with E-state index in [2.05, 4.69) is 15.9 Å². The minimum Gasteiger partial charge on any atom is -0.402 e. The van der Waals surface area contributed by atoms with E-state index in [4.69, 9.17) is 15.2 Å². The van der Waals surface area contributed by atoms with Gasteiger partial charge in [-0.2, -0.15) is 0 Å².